The Bertz CT molecular complexity index is 3240. The smallest absolute Gasteiger partial charge is 0.409 e. The maximum Gasteiger partial charge on any atom is 0.409 e. The number of carbonyl (C=O) groups excluding carboxylic acids is 4. The van der Waals surface area contributed by atoms with Crippen molar-refractivity contribution >= 4 is 87.5 Å². The number of urea groups is 1. The Labute approximate surface area is 452 Å². The SMILES string of the molecule is Cl.Cn1ccc(CN)n1.Cn1ccc(CNC(=O)N[C@H]2CCc3c(C(=O)Nc4ccc(F)c(Cl)c4)ccc(F)c32)n1.N[C@H]1CCc2c(C(=O)Nc3ccc(F)c(Cl)c3)ccc(F)c21.O=C(Cl)Oc1ccc([N+](=O)[O-])cc1. The summed E-state index contributed by atoms with van der Waals surface area (Å²) in [7, 11) is 3.65. The van der Waals surface area contributed by atoms with Gasteiger partial charge in [0.25, 0.3) is 17.5 Å². The number of carbonyl (C=O) groups is 4. The molecule has 400 valence electrons. The van der Waals surface area contributed by atoms with E-state index in [4.69, 9.17) is 46.3 Å². The lowest BCUT2D eigenvalue weighted by Crippen LogP contribution is -2.37. The van der Waals surface area contributed by atoms with Crippen LogP contribution in [0.4, 0.5) is 44.2 Å². The van der Waals surface area contributed by atoms with Gasteiger partial charge < -0.3 is 37.5 Å². The van der Waals surface area contributed by atoms with Gasteiger partial charge in [0.05, 0.1) is 38.9 Å². The fourth-order valence-electron chi connectivity index (χ4n) is 7.82. The number of nitro groups is 1. The quantitative estimate of drug-likeness (QED) is 0.0325. The Morgan fingerprint density at radius 3 is 1.67 bits per heavy atom. The van der Waals surface area contributed by atoms with Crippen molar-refractivity contribution in [3.63, 3.8) is 0 Å². The molecule has 2 atom stereocenters. The van der Waals surface area contributed by atoms with Crippen molar-refractivity contribution in [1.29, 1.82) is 0 Å². The number of nitrogens with two attached hydrogens (primary N) is 2. The number of ether oxygens (including phenoxy) is 1. The highest BCUT2D eigenvalue weighted by Crippen LogP contribution is 2.37. The topological polar surface area (TPSA) is 256 Å². The number of non-ortho nitro benzene ring substituents is 1. The van der Waals surface area contributed by atoms with E-state index in [2.05, 4.69) is 36.2 Å². The highest BCUT2D eigenvalue weighted by atomic mass is 35.5. The summed E-state index contributed by atoms with van der Waals surface area (Å²) in [4.78, 5) is 57.4. The van der Waals surface area contributed by atoms with E-state index in [1.54, 1.807) is 28.7 Å². The fourth-order valence-corrected chi connectivity index (χ4v) is 8.27. The van der Waals surface area contributed by atoms with Crippen molar-refractivity contribution in [2.24, 2.45) is 25.6 Å². The van der Waals surface area contributed by atoms with Gasteiger partial charge >= 0.3 is 11.5 Å². The van der Waals surface area contributed by atoms with Gasteiger partial charge in [0.2, 0.25) is 0 Å². The number of halogens is 8. The second kappa shape index (κ2) is 27.3. The second-order valence-corrected chi connectivity index (χ2v) is 17.6. The third kappa shape index (κ3) is 16.0. The standard InChI is InChI=1S/C22H20ClF2N5O2.C16H13ClF2N2O.C7H4ClNO4.C5H9N3.ClH/c1-30-9-8-13(29-30)11-26-22(32)28-19-7-4-14-15(3-6-18(25)20(14)19)21(31)27-12-2-5-17(24)16(23)10-12;17-11-7-8(1-4-12(11)18)21-16(22)10-2-5-13(19)15-9(10)3-6-14(15)20;8-7(10)13-6-3-1-5(2-4-6)9(11)12;1-8-3-2-5(4-6)7-8;/h2-3,5-6,8-10,19H,4,7,11H2,1H3,(H,27,31)(H2,26,28,32);1-2,4-5,7,14H,3,6,20H2,(H,21,22);1-4H;2-3H,4,6H2,1H3;1H/t19-;14-;;;/m00.../s1. The van der Waals surface area contributed by atoms with Crippen LogP contribution < -0.4 is 37.5 Å². The van der Waals surface area contributed by atoms with Crippen LogP contribution >= 0.6 is 47.2 Å². The van der Waals surface area contributed by atoms with Gasteiger partial charge in [-0.25, -0.2) is 27.2 Å². The third-order valence-corrected chi connectivity index (χ3v) is 11.9. The number of rotatable bonds is 10. The zero-order valence-electron chi connectivity index (χ0n) is 40.1. The maximum absolute atomic E-state index is 14.6. The molecule has 2 aliphatic carbocycles. The molecule has 0 saturated heterocycles. The highest BCUT2D eigenvalue weighted by molar-refractivity contribution is 6.61. The predicted octanol–water partition coefficient (Wildman–Crippen LogP) is 10.5. The van der Waals surface area contributed by atoms with Gasteiger partial charge in [-0.3, -0.25) is 29.1 Å². The van der Waals surface area contributed by atoms with Gasteiger partial charge in [-0.2, -0.15) is 10.2 Å². The minimum absolute atomic E-state index is 0. The van der Waals surface area contributed by atoms with Crippen LogP contribution in [-0.4, -0.2) is 47.8 Å². The van der Waals surface area contributed by atoms with Crippen molar-refractivity contribution < 1.29 is 46.4 Å². The van der Waals surface area contributed by atoms with Gasteiger partial charge in [0.1, 0.15) is 29.0 Å². The van der Waals surface area contributed by atoms with Gasteiger partial charge in [-0.05, 0) is 122 Å². The summed E-state index contributed by atoms with van der Waals surface area (Å²) in [6, 6.07) is 20.3. The first-order chi connectivity index (χ1) is 35.7. The normalized spacial score (nSPS) is 13.6. The second-order valence-electron chi connectivity index (χ2n) is 16.5. The van der Waals surface area contributed by atoms with Crippen LogP contribution in [0, 0.1) is 33.4 Å². The molecule has 18 nitrogen and oxygen atoms in total. The average molecular weight is 1130 g/mol. The summed E-state index contributed by atoms with van der Waals surface area (Å²) in [6.07, 6.45) is 5.69. The number of aromatic nitrogens is 4. The summed E-state index contributed by atoms with van der Waals surface area (Å²) in [5.41, 5.74) is 15.0. The molecule has 0 unspecified atom stereocenters. The Balaban J connectivity index is 0.000000209. The van der Waals surface area contributed by atoms with Crippen molar-refractivity contribution in [3.8, 4) is 5.75 Å². The number of fused-ring (bicyclic) bond motifs is 2. The summed E-state index contributed by atoms with van der Waals surface area (Å²) in [5, 5.41) is 29.0. The number of nitrogens with one attached hydrogen (secondary N) is 4. The molecule has 26 heteroatoms. The zero-order valence-corrected chi connectivity index (χ0v) is 43.2. The van der Waals surface area contributed by atoms with Crippen molar-refractivity contribution in [2.75, 3.05) is 10.6 Å². The van der Waals surface area contributed by atoms with E-state index in [0.29, 0.717) is 82.7 Å². The van der Waals surface area contributed by atoms with E-state index in [-0.39, 0.29) is 52.3 Å². The molecule has 2 heterocycles. The summed E-state index contributed by atoms with van der Waals surface area (Å²) >= 11 is 16.4. The molecule has 76 heavy (non-hydrogen) atoms. The average Bonchev–Trinajstić information content (AvgIpc) is 4.20. The molecule has 0 fully saturated rings. The Morgan fingerprint density at radius 1 is 0.724 bits per heavy atom. The van der Waals surface area contributed by atoms with E-state index < -0.39 is 51.7 Å². The Kier molecular flexibility index (Phi) is 21.3. The number of hydrogen-bond acceptors (Lipinski definition) is 11. The molecule has 4 amide bonds. The summed E-state index contributed by atoms with van der Waals surface area (Å²) in [5.74, 6) is -2.73. The minimum Gasteiger partial charge on any atom is -0.414 e. The van der Waals surface area contributed by atoms with Crippen LogP contribution in [0.3, 0.4) is 0 Å². The molecular weight excluding hydrogens is 1080 g/mol. The van der Waals surface area contributed by atoms with Crippen molar-refractivity contribution in [1.82, 2.24) is 30.2 Å². The highest BCUT2D eigenvalue weighted by Gasteiger charge is 2.32. The van der Waals surface area contributed by atoms with Crippen LogP contribution in [0.15, 0.2) is 109 Å². The lowest BCUT2D eigenvalue weighted by atomic mass is 10.0. The van der Waals surface area contributed by atoms with E-state index in [0.717, 1.165) is 11.8 Å². The molecular formula is C50H47Cl4F4N11O7. The van der Waals surface area contributed by atoms with Gasteiger partial charge in [0, 0.05) is 96.4 Å². The number of benzene rings is 5. The molecule has 0 bridgehead atoms. The van der Waals surface area contributed by atoms with Crippen molar-refractivity contribution in [3.05, 3.63) is 198 Å². The number of amides is 4. The van der Waals surface area contributed by atoms with Crippen LogP contribution in [0.25, 0.3) is 0 Å². The third-order valence-electron chi connectivity index (χ3n) is 11.3. The van der Waals surface area contributed by atoms with Gasteiger partial charge in [0.15, 0.2) is 0 Å². The molecule has 8 N–H and O–H groups in total. The first-order valence-corrected chi connectivity index (χ1v) is 23.6. The molecule has 0 aliphatic heterocycles. The van der Waals surface area contributed by atoms with Crippen molar-refractivity contribution in [2.45, 2.75) is 50.9 Å². The Hall–Kier alpha value is -7.60. The molecule has 5 aromatic carbocycles. The first kappa shape index (κ1) is 59.3. The molecule has 0 saturated carbocycles. The fraction of sp³-hybridized carbons (Fsp3) is 0.200. The number of nitrogens with zero attached hydrogens (tertiary/aromatic N) is 5. The van der Waals surface area contributed by atoms with E-state index in [9.17, 15) is 46.9 Å². The summed E-state index contributed by atoms with van der Waals surface area (Å²) in [6.45, 7) is 0.762. The minimum atomic E-state index is -0.978. The van der Waals surface area contributed by atoms with Gasteiger partial charge in [-0.15, -0.1) is 12.4 Å². The molecule has 0 radical (unpaired) electrons. The van der Waals surface area contributed by atoms with Crippen LogP contribution in [-0.2, 0) is 40.0 Å². The van der Waals surface area contributed by atoms with Crippen LogP contribution in [0.1, 0.15) is 79.3 Å². The summed E-state index contributed by atoms with van der Waals surface area (Å²) < 4.78 is 62.8. The molecule has 9 rings (SSSR count). The zero-order chi connectivity index (χ0) is 54.5. The number of nitro benzene ring substituents is 1. The maximum atomic E-state index is 14.6. The van der Waals surface area contributed by atoms with Crippen LogP contribution in [0.2, 0.25) is 10.0 Å². The number of anilines is 2. The van der Waals surface area contributed by atoms with Crippen LogP contribution in [0.5, 0.6) is 5.75 Å². The molecule has 2 aliphatic rings. The lowest BCUT2D eigenvalue weighted by molar-refractivity contribution is -0.384. The lowest BCUT2D eigenvalue weighted by Gasteiger charge is -2.16. The number of aryl methyl sites for hydroxylation is 2. The van der Waals surface area contributed by atoms with Gasteiger partial charge in [-0.1, -0.05) is 23.2 Å². The Morgan fingerprint density at radius 2 is 1.21 bits per heavy atom. The molecule has 2 aromatic heterocycles. The molecule has 0 spiro atoms. The predicted molar refractivity (Wildman–Crippen MR) is 280 cm³/mol. The van der Waals surface area contributed by atoms with E-state index in [1.807, 2.05) is 19.3 Å². The first-order valence-electron chi connectivity index (χ1n) is 22.4. The largest absolute Gasteiger partial charge is 0.414 e. The van der Waals surface area contributed by atoms with E-state index in [1.165, 1.54) is 78.9 Å². The monoisotopic (exact) mass is 1130 g/mol. The van der Waals surface area contributed by atoms with E-state index >= 15 is 0 Å². The molecule has 7 aromatic rings. The number of hydrogen-bond donors (Lipinski definition) is 6.